The molecule has 0 aromatic heterocycles. The molecule has 0 spiro atoms. The highest BCUT2D eigenvalue weighted by Crippen LogP contribution is 2.21. The molecule has 0 aliphatic carbocycles. The second kappa shape index (κ2) is 6.32. The highest BCUT2D eigenvalue weighted by atomic mass is 35.5. The van der Waals surface area contributed by atoms with Gasteiger partial charge in [-0.2, -0.15) is 0 Å². The Morgan fingerprint density at radius 1 is 1.50 bits per heavy atom. The molecule has 10 heavy (non-hydrogen) atoms. The van der Waals surface area contributed by atoms with Crippen molar-refractivity contribution in [3.8, 4) is 0 Å². The first-order valence-corrected chi connectivity index (χ1v) is 4.92. The van der Waals surface area contributed by atoms with Crippen LogP contribution in [0, 0.1) is 0 Å². The summed E-state index contributed by atoms with van der Waals surface area (Å²) in [5.41, 5.74) is 0. The molecule has 0 aliphatic heterocycles. The standard InChI is InChI=1S/C7H16ClNS/c1-4-5-6-7(8)10-9(2)3/h7H,4-6H2,1-3H3. The molecule has 0 N–H and O–H groups in total. The smallest absolute Gasteiger partial charge is 0.0935 e. The maximum Gasteiger partial charge on any atom is 0.0935 e. The van der Waals surface area contributed by atoms with Crippen LogP contribution >= 0.6 is 23.5 Å². The Morgan fingerprint density at radius 2 is 2.10 bits per heavy atom. The predicted octanol–water partition coefficient (Wildman–Crippen LogP) is 2.95. The molecule has 0 aliphatic rings. The molecule has 0 saturated carbocycles. The molecular weight excluding hydrogens is 166 g/mol. The van der Waals surface area contributed by atoms with E-state index >= 15 is 0 Å². The van der Waals surface area contributed by atoms with Gasteiger partial charge in [0, 0.05) is 0 Å². The molecule has 0 bridgehead atoms. The minimum Gasteiger partial charge on any atom is -0.256 e. The summed E-state index contributed by atoms with van der Waals surface area (Å²) in [4.78, 5) is 0. The molecule has 1 atom stereocenters. The van der Waals surface area contributed by atoms with Crippen LogP contribution in [-0.4, -0.2) is 23.1 Å². The number of unbranched alkanes of at least 4 members (excludes halogenated alkanes) is 1. The molecular formula is C7H16ClNS. The van der Waals surface area contributed by atoms with E-state index in [-0.39, 0.29) is 4.71 Å². The van der Waals surface area contributed by atoms with Gasteiger partial charge in [0.2, 0.25) is 0 Å². The largest absolute Gasteiger partial charge is 0.256 e. The molecule has 0 heterocycles. The van der Waals surface area contributed by atoms with Gasteiger partial charge in [-0.3, -0.25) is 4.31 Å². The summed E-state index contributed by atoms with van der Waals surface area (Å²) in [5.74, 6) is 0. The van der Waals surface area contributed by atoms with Crippen LogP contribution in [0.5, 0.6) is 0 Å². The Kier molecular flexibility index (Phi) is 6.70. The number of hydrogen-bond donors (Lipinski definition) is 0. The zero-order valence-electron chi connectivity index (χ0n) is 6.93. The first-order valence-electron chi connectivity index (χ1n) is 3.65. The molecule has 62 valence electrons. The molecule has 0 rings (SSSR count). The van der Waals surface area contributed by atoms with E-state index in [0.29, 0.717) is 0 Å². The average Bonchev–Trinajstić information content (AvgIpc) is 1.82. The summed E-state index contributed by atoms with van der Waals surface area (Å²) >= 11 is 7.67. The fraction of sp³-hybridized carbons (Fsp3) is 1.00. The van der Waals surface area contributed by atoms with Gasteiger partial charge in [-0.25, -0.2) is 0 Å². The van der Waals surface area contributed by atoms with Crippen LogP contribution in [0.4, 0.5) is 0 Å². The SMILES string of the molecule is CCCCC(Cl)SN(C)C. The third-order valence-electron chi connectivity index (χ3n) is 1.11. The Labute approximate surface area is 73.3 Å². The highest BCUT2D eigenvalue weighted by Gasteiger charge is 2.04. The Balaban J connectivity index is 3.16. The molecule has 0 aromatic carbocycles. The second-order valence-electron chi connectivity index (χ2n) is 2.47. The molecule has 0 saturated heterocycles. The lowest BCUT2D eigenvalue weighted by molar-refractivity contribution is 0.687. The zero-order chi connectivity index (χ0) is 7.98. The van der Waals surface area contributed by atoms with Crippen LogP contribution in [0.25, 0.3) is 0 Å². The molecule has 0 radical (unpaired) electrons. The molecule has 0 amide bonds. The van der Waals surface area contributed by atoms with Gasteiger partial charge in [-0.1, -0.05) is 31.7 Å². The van der Waals surface area contributed by atoms with Crippen molar-refractivity contribution in [3.63, 3.8) is 0 Å². The van der Waals surface area contributed by atoms with Gasteiger partial charge in [0.1, 0.15) is 0 Å². The molecule has 1 nitrogen and oxygen atoms in total. The van der Waals surface area contributed by atoms with Gasteiger partial charge >= 0.3 is 0 Å². The van der Waals surface area contributed by atoms with Crippen molar-refractivity contribution < 1.29 is 0 Å². The Hall–Kier alpha value is 0.600. The van der Waals surface area contributed by atoms with E-state index in [1.807, 2.05) is 18.4 Å². The van der Waals surface area contributed by atoms with Gasteiger partial charge in [0.25, 0.3) is 0 Å². The van der Waals surface area contributed by atoms with Gasteiger partial charge < -0.3 is 0 Å². The normalized spacial score (nSPS) is 14.1. The van der Waals surface area contributed by atoms with Gasteiger partial charge in [-0.15, -0.1) is 11.6 Å². The number of alkyl halides is 1. The Bertz CT molecular complexity index is 78.0. The lowest BCUT2D eigenvalue weighted by Crippen LogP contribution is -2.05. The van der Waals surface area contributed by atoms with E-state index in [2.05, 4.69) is 6.92 Å². The van der Waals surface area contributed by atoms with E-state index < -0.39 is 0 Å². The zero-order valence-corrected chi connectivity index (χ0v) is 8.50. The molecule has 3 heteroatoms. The van der Waals surface area contributed by atoms with Crippen molar-refractivity contribution in [1.82, 2.24) is 4.31 Å². The van der Waals surface area contributed by atoms with E-state index in [1.54, 1.807) is 11.9 Å². The maximum absolute atomic E-state index is 5.98. The van der Waals surface area contributed by atoms with Crippen molar-refractivity contribution in [2.45, 2.75) is 30.9 Å². The van der Waals surface area contributed by atoms with Crippen molar-refractivity contribution >= 4 is 23.5 Å². The highest BCUT2D eigenvalue weighted by molar-refractivity contribution is 7.98. The number of hydrogen-bond acceptors (Lipinski definition) is 2. The van der Waals surface area contributed by atoms with Crippen molar-refractivity contribution in [2.75, 3.05) is 14.1 Å². The second-order valence-corrected chi connectivity index (χ2v) is 4.77. The van der Waals surface area contributed by atoms with Crippen molar-refractivity contribution in [1.29, 1.82) is 0 Å². The lowest BCUT2D eigenvalue weighted by atomic mass is 10.3. The van der Waals surface area contributed by atoms with Crippen LogP contribution in [0.15, 0.2) is 0 Å². The quantitative estimate of drug-likeness (QED) is 0.474. The summed E-state index contributed by atoms with van der Waals surface area (Å²) < 4.78 is 2.31. The maximum atomic E-state index is 5.98. The lowest BCUT2D eigenvalue weighted by Gasteiger charge is -2.12. The first kappa shape index (κ1) is 10.6. The third-order valence-corrected chi connectivity index (χ3v) is 2.45. The first-order chi connectivity index (χ1) is 4.66. The molecule has 1 unspecified atom stereocenters. The van der Waals surface area contributed by atoms with E-state index in [4.69, 9.17) is 11.6 Å². The van der Waals surface area contributed by atoms with Crippen LogP contribution in [0.3, 0.4) is 0 Å². The van der Waals surface area contributed by atoms with Gasteiger partial charge in [-0.05, 0) is 20.5 Å². The van der Waals surface area contributed by atoms with Crippen LogP contribution in [0.2, 0.25) is 0 Å². The number of halogens is 1. The minimum atomic E-state index is 0.259. The van der Waals surface area contributed by atoms with E-state index in [0.717, 1.165) is 6.42 Å². The monoisotopic (exact) mass is 181 g/mol. The fourth-order valence-electron chi connectivity index (χ4n) is 0.646. The average molecular weight is 182 g/mol. The third kappa shape index (κ3) is 6.72. The summed E-state index contributed by atoms with van der Waals surface area (Å²) in [6, 6.07) is 0. The van der Waals surface area contributed by atoms with Crippen molar-refractivity contribution in [3.05, 3.63) is 0 Å². The van der Waals surface area contributed by atoms with Crippen LogP contribution < -0.4 is 0 Å². The topological polar surface area (TPSA) is 3.24 Å². The minimum absolute atomic E-state index is 0.259. The summed E-state index contributed by atoms with van der Waals surface area (Å²) in [7, 11) is 4.04. The summed E-state index contributed by atoms with van der Waals surface area (Å²) in [6.45, 7) is 2.18. The van der Waals surface area contributed by atoms with Crippen molar-refractivity contribution in [2.24, 2.45) is 0 Å². The van der Waals surface area contributed by atoms with Gasteiger partial charge in [0.05, 0.1) is 4.71 Å². The van der Waals surface area contributed by atoms with Crippen LogP contribution in [-0.2, 0) is 0 Å². The van der Waals surface area contributed by atoms with Crippen LogP contribution in [0.1, 0.15) is 26.2 Å². The Morgan fingerprint density at radius 3 is 2.50 bits per heavy atom. The van der Waals surface area contributed by atoms with E-state index in [9.17, 15) is 0 Å². The summed E-state index contributed by atoms with van der Waals surface area (Å²) in [6.07, 6.45) is 3.58. The summed E-state index contributed by atoms with van der Waals surface area (Å²) in [5, 5.41) is 0. The molecule has 0 fully saturated rings. The number of rotatable bonds is 5. The fourth-order valence-corrected chi connectivity index (χ4v) is 2.01. The molecule has 0 aromatic rings. The van der Waals surface area contributed by atoms with E-state index in [1.165, 1.54) is 12.8 Å². The van der Waals surface area contributed by atoms with Gasteiger partial charge in [0.15, 0.2) is 0 Å². The number of nitrogens with zero attached hydrogens (tertiary/aromatic N) is 1. The predicted molar refractivity (Wildman–Crippen MR) is 50.4 cm³/mol.